The first-order chi connectivity index (χ1) is 15.6. The molecule has 10 heteroatoms. The minimum Gasteiger partial charge on any atom is -0.339 e. The molecule has 4 rings (SSSR count). The fraction of sp³-hybridized carbons (Fsp3) is 0.364. The third-order valence-corrected chi connectivity index (χ3v) is 6.69. The third-order valence-electron chi connectivity index (χ3n) is 5.09. The summed E-state index contributed by atoms with van der Waals surface area (Å²) in [6.45, 7) is 5.36. The second-order valence-corrected chi connectivity index (χ2v) is 9.36. The Morgan fingerprint density at radius 3 is 2.78 bits per heavy atom. The molecular weight excluding hydrogens is 446 g/mol. The summed E-state index contributed by atoms with van der Waals surface area (Å²) in [5.74, 6) is 1.72. The number of benzene rings is 1. The highest BCUT2D eigenvalue weighted by molar-refractivity contribution is 8.00. The number of hydrogen-bond donors (Lipinski definition) is 1. The van der Waals surface area contributed by atoms with E-state index >= 15 is 0 Å². The van der Waals surface area contributed by atoms with Gasteiger partial charge in [0.1, 0.15) is 0 Å². The first-order valence-corrected chi connectivity index (χ1v) is 12.5. The van der Waals surface area contributed by atoms with Gasteiger partial charge in [-0.05, 0) is 36.1 Å². The fourth-order valence-electron chi connectivity index (χ4n) is 3.42. The molecular formula is C22H25N5O3S2. The summed E-state index contributed by atoms with van der Waals surface area (Å²) in [5.41, 5.74) is 2.83. The van der Waals surface area contributed by atoms with Gasteiger partial charge in [-0.2, -0.15) is 16.3 Å². The maximum absolute atomic E-state index is 12.5. The second kappa shape index (κ2) is 10.8. The van der Waals surface area contributed by atoms with Gasteiger partial charge in [0.2, 0.25) is 23.5 Å². The molecule has 0 atom stereocenters. The summed E-state index contributed by atoms with van der Waals surface area (Å²) in [5, 5.41) is 10.9. The van der Waals surface area contributed by atoms with E-state index in [9.17, 15) is 9.59 Å². The van der Waals surface area contributed by atoms with Gasteiger partial charge in [-0.1, -0.05) is 17.3 Å². The normalized spacial score (nSPS) is 14.5. The van der Waals surface area contributed by atoms with E-state index in [1.165, 1.54) is 11.8 Å². The molecule has 1 aromatic carbocycles. The minimum absolute atomic E-state index is 0.0653. The van der Waals surface area contributed by atoms with Crippen LogP contribution in [-0.2, 0) is 16.1 Å². The summed E-state index contributed by atoms with van der Waals surface area (Å²) in [6.07, 6.45) is 0. The zero-order valence-electron chi connectivity index (χ0n) is 17.8. The van der Waals surface area contributed by atoms with Crippen LogP contribution in [0.4, 0.5) is 5.69 Å². The van der Waals surface area contributed by atoms with Crippen LogP contribution >= 0.6 is 23.1 Å². The van der Waals surface area contributed by atoms with E-state index in [2.05, 4.69) is 20.4 Å². The second-order valence-electron chi connectivity index (χ2n) is 7.59. The summed E-state index contributed by atoms with van der Waals surface area (Å²) >= 11 is 2.94. The molecule has 0 radical (unpaired) electrons. The largest absolute Gasteiger partial charge is 0.339 e. The van der Waals surface area contributed by atoms with Crippen molar-refractivity contribution in [3.63, 3.8) is 0 Å². The first-order valence-electron chi connectivity index (χ1n) is 10.4. The smallest absolute Gasteiger partial charge is 0.241 e. The number of thiophene rings is 1. The molecule has 1 aliphatic heterocycles. The number of nitrogens with one attached hydrogen (secondary N) is 1. The molecule has 8 nitrogen and oxygen atoms in total. The predicted octanol–water partition coefficient (Wildman–Crippen LogP) is 3.12. The fourth-order valence-corrected chi connectivity index (χ4v) is 4.77. The molecule has 0 unspecified atom stereocenters. The lowest BCUT2D eigenvalue weighted by atomic mass is 10.2. The number of anilines is 1. The highest BCUT2D eigenvalue weighted by atomic mass is 32.2. The lowest BCUT2D eigenvalue weighted by Gasteiger charge is -2.33. The Hall–Kier alpha value is -2.69. The number of hydrogen-bond acceptors (Lipinski definition) is 8. The van der Waals surface area contributed by atoms with Crippen LogP contribution in [0.25, 0.3) is 11.4 Å². The van der Waals surface area contributed by atoms with Crippen molar-refractivity contribution in [1.29, 1.82) is 0 Å². The maximum Gasteiger partial charge on any atom is 0.241 e. The Morgan fingerprint density at radius 1 is 1.19 bits per heavy atom. The van der Waals surface area contributed by atoms with Crippen LogP contribution in [0.3, 0.4) is 0 Å². The van der Waals surface area contributed by atoms with Gasteiger partial charge < -0.3 is 14.7 Å². The van der Waals surface area contributed by atoms with Gasteiger partial charge in [0, 0.05) is 42.8 Å². The molecule has 168 valence electrons. The number of carbonyl (C=O) groups is 2. The van der Waals surface area contributed by atoms with E-state index < -0.39 is 0 Å². The molecule has 32 heavy (non-hydrogen) atoms. The quantitative estimate of drug-likeness (QED) is 0.540. The number of piperazine rings is 1. The van der Waals surface area contributed by atoms with Crippen molar-refractivity contribution in [3.8, 4) is 11.4 Å². The molecule has 1 N–H and O–H groups in total. The van der Waals surface area contributed by atoms with E-state index in [0.29, 0.717) is 37.1 Å². The molecule has 0 saturated carbocycles. The Balaban J connectivity index is 1.15. The van der Waals surface area contributed by atoms with Gasteiger partial charge in [-0.15, -0.1) is 11.8 Å². The number of rotatable bonds is 8. The lowest BCUT2D eigenvalue weighted by Crippen LogP contribution is -2.48. The predicted molar refractivity (Wildman–Crippen MR) is 127 cm³/mol. The summed E-state index contributed by atoms with van der Waals surface area (Å²) in [6, 6.07) is 9.63. The third kappa shape index (κ3) is 6.18. The van der Waals surface area contributed by atoms with Gasteiger partial charge in [-0.25, -0.2) is 0 Å². The molecule has 3 heterocycles. The maximum atomic E-state index is 12.5. The van der Waals surface area contributed by atoms with Crippen LogP contribution < -0.4 is 5.32 Å². The van der Waals surface area contributed by atoms with Crippen LogP contribution in [0.5, 0.6) is 0 Å². The standard InChI is InChI=1S/C22H25N5O3S2/c1-16-3-2-4-18(11-16)23-19(28)14-32-15-21(29)27-8-6-26(7-9-27)12-20-24-22(25-30-20)17-5-10-31-13-17/h2-5,10-11,13H,6-9,12,14-15H2,1H3,(H,23,28). The van der Waals surface area contributed by atoms with Crippen LogP contribution in [0.2, 0.25) is 0 Å². The number of thioether (sulfide) groups is 1. The molecule has 1 saturated heterocycles. The van der Waals surface area contributed by atoms with E-state index in [-0.39, 0.29) is 17.6 Å². The van der Waals surface area contributed by atoms with Gasteiger partial charge >= 0.3 is 0 Å². The average molecular weight is 472 g/mol. The van der Waals surface area contributed by atoms with E-state index in [0.717, 1.165) is 29.9 Å². The minimum atomic E-state index is -0.0976. The lowest BCUT2D eigenvalue weighted by molar-refractivity contribution is -0.130. The SMILES string of the molecule is Cc1cccc(NC(=O)CSCC(=O)N2CCN(Cc3nc(-c4ccsc4)no3)CC2)c1. The van der Waals surface area contributed by atoms with E-state index in [4.69, 9.17) is 4.52 Å². The molecule has 2 amide bonds. The number of aryl methyl sites for hydroxylation is 1. The van der Waals surface area contributed by atoms with Crippen molar-refractivity contribution in [3.05, 3.63) is 52.5 Å². The van der Waals surface area contributed by atoms with Crippen molar-refractivity contribution in [2.45, 2.75) is 13.5 Å². The van der Waals surface area contributed by atoms with Gasteiger partial charge in [-0.3, -0.25) is 14.5 Å². The van der Waals surface area contributed by atoms with Gasteiger partial charge in [0.15, 0.2) is 0 Å². The highest BCUT2D eigenvalue weighted by Gasteiger charge is 2.23. The van der Waals surface area contributed by atoms with Crippen molar-refractivity contribution in [2.75, 3.05) is 43.0 Å². The van der Waals surface area contributed by atoms with Crippen molar-refractivity contribution in [1.82, 2.24) is 19.9 Å². The first kappa shape index (κ1) is 22.5. The number of amides is 2. The van der Waals surface area contributed by atoms with Crippen LogP contribution in [0.15, 0.2) is 45.6 Å². The number of carbonyl (C=O) groups excluding carboxylic acids is 2. The zero-order chi connectivity index (χ0) is 22.3. The topological polar surface area (TPSA) is 91.6 Å². The molecule has 0 spiro atoms. The summed E-state index contributed by atoms with van der Waals surface area (Å²) in [4.78, 5) is 33.1. The Kier molecular flexibility index (Phi) is 7.56. The molecule has 1 fully saturated rings. The number of aromatic nitrogens is 2. The van der Waals surface area contributed by atoms with Crippen LogP contribution in [0.1, 0.15) is 11.5 Å². The number of nitrogens with zero attached hydrogens (tertiary/aromatic N) is 4. The summed E-state index contributed by atoms with van der Waals surface area (Å²) in [7, 11) is 0. The van der Waals surface area contributed by atoms with Crippen molar-refractivity contribution < 1.29 is 14.1 Å². The van der Waals surface area contributed by atoms with E-state index in [1.54, 1.807) is 11.3 Å². The van der Waals surface area contributed by atoms with Crippen LogP contribution in [0, 0.1) is 6.92 Å². The van der Waals surface area contributed by atoms with Crippen LogP contribution in [-0.4, -0.2) is 69.4 Å². The summed E-state index contributed by atoms with van der Waals surface area (Å²) < 4.78 is 5.37. The molecule has 3 aromatic rings. The van der Waals surface area contributed by atoms with Gasteiger partial charge in [0.05, 0.1) is 18.1 Å². The van der Waals surface area contributed by atoms with Crippen molar-refractivity contribution >= 4 is 40.6 Å². The average Bonchev–Trinajstić information content (AvgIpc) is 3.46. The van der Waals surface area contributed by atoms with Crippen molar-refractivity contribution in [2.24, 2.45) is 0 Å². The monoisotopic (exact) mass is 471 g/mol. The highest BCUT2D eigenvalue weighted by Crippen LogP contribution is 2.19. The molecule has 0 aliphatic carbocycles. The Bertz CT molecular complexity index is 1050. The van der Waals surface area contributed by atoms with E-state index in [1.807, 2.05) is 52.9 Å². The zero-order valence-corrected chi connectivity index (χ0v) is 19.5. The molecule has 1 aliphatic rings. The Labute approximate surface area is 195 Å². The molecule has 2 aromatic heterocycles. The molecule has 0 bridgehead atoms. The Morgan fingerprint density at radius 2 is 2.03 bits per heavy atom. The van der Waals surface area contributed by atoms with Gasteiger partial charge in [0.25, 0.3) is 0 Å².